The molecule has 1 heterocycles. The van der Waals surface area contributed by atoms with E-state index in [2.05, 4.69) is 24.8 Å². The summed E-state index contributed by atoms with van der Waals surface area (Å²) in [5.74, 6) is 0.592. The van der Waals surface area contributed by atoms with E-state index in [9.17, 15) is 0 Å². The van der Waals surface area contributed by atoms with Crippen LogP contribution in [0.5, 0.6) is 5.88 Å². The van der Waals surface area contributed by atoms with Crippen molar-refractivity contribution in [2.24, 2.45) is 0 Å². The van der Waals surface area contributed by atoms with Gasteiger partial charge in [-0.1, -0.05) is 0 Å². The van der Waals surface area contributed by atoms with Crippen LogP contribution in [0.4, 0.5) is 0 Å². The molecule has 0 radical (unpaired) electrons. The Hall–Kier alpha value is -0.321. The number of hydrogen-bond donors (Lipinski definition) is 0. The monoisotopic (exact) mass is 274 g/mol. The average Bonchev–Trinajstić information content (AvgIpc) is 2.03. The fourth-order valence-electron chi connectivity index (χ4n) is 0.809. The summed E-state index contributed by atoms with van der Waals surface area (Å²) in [6.45, 7) is 0. The Kier molecular flexibility index (Phi) is 2.93. The van der Waals surface area contributed by atoms with Crippen molar-refractivity contribution in [1.29, 1.82) is 0 Å². The summed E-state index contributed by atoms with van der Waals surface area (Å²) < 4.78 is 6.12. The van der Waals surface area contributed by atoms with E-state index in [-0.39, 0.29) is 0 Å². The van der Waals surface area contributed by atoms with Crippen LogP contribution in [0, 0.1) is 0 Å². The zero-order valence-corrected chi connectivity index (χ0v) is 10.8. The third kappa shape index (κ3) is 2.33. The van der Waals surface area contributed by atoms with Gasteiger partial charge in [-0.25, -0.2) is 0 Å². The van der Waals surface area contributed by atoms with Crippen LogP contribution in [-0.2, 0) is 0 Å². The van der Waals surface area contributed by atoms with E-state index in [1.165, 1.54) is 3.71 Å². The SMILES string of the molecule is COc1cn[c]([Sn]([CH3])([CH3])[CH3])cn1. The first-order valence-corrected chi connectivity index (χ1v) is 13.9. The second-order valence-corrected chi connectivity index (χ2v) is 18.0. The van der Waals surface area contributed by atoms with Gasteiger partial charge in [0.1, 0.15) is 0 Å². The molecule has 0 aliphatic rings. The Balaban J connectivity index is 2.93. The summed E-state index contributed by atoms with van der Waals surface area (Å²) >= 11 is -1.99. The van der Waals surface area contributed by atoms with Gasteiger partial charge in [0.05, 0.1) is 0 Å². The van der Waals surface area contributed by atoms with E-state index < -0.39 is 18.4 Å². The zero-order valence-electron chi connectivity index (χ0n) is 7.96. The average molecular weight is 273 g/mol. The van der Waals surface area contributed by atoms with Gasteiger partial charge in [-0.2, -0.15) is 0 Å². The summed E-state index contributed by atoms with van der Waals surface area (Å²) in [5, 5.41) is 0. The molecule has 0 aliphatic heterocycles. The van der Waals surface area contributed by atoms with Crippen molar-refractivity contribution in [1.82, 2.24) is 9.97 Å². The Morgan fingerprint density at radius 1 is 1.17 bits per heavy atom. The van der Waals surface area contributed by atoms with Gasteiger partial charge in [0.15, 0.2) is 0 Å². The third-order valence-corrected chi connectivity index (χ3v) is 6.73. The van der Waals surface area contributed by atoms with Crippen LogP contribution in [0.15, 0.2) is 12.4 Å². The van der Waals surface area contributed by atoms with Gasteiger partial charge in [-0.3, -0.25) is 0 Å². The molecule has 0 bridgehead atoms. The summed E-state index contributed by atoms with van der Waals surface area (Å²) in [4.78, 5) is 15.4. The first-order chi connectivity index (χ1) is 5.54. The fourth-order valence-corrected chi connectivity index (χ4v) is 3.39. The Morgan fingerprint density at radius 2 is 1.83 bits per heavy atom. The number of hydrogen-bond acceptors (Lipinski definition) is 3. The molecule has 1 aromatic heterocycles. The molecular formula is C8H14N2OSn. The second-order valence-electron chi connectivity index (χ2n) is 3.69. The second kappa shape index (κ2) is 3.60. The van der Waals surface area contributed by atoms with Crippen molar-refractivity contribution in [3.05, 3.63) is 12.4 Å². The van der Waals surface area contributed by atoms with E-state index >= 15 is 0 Å². The van der Waals surface area contributed by atoms with Crippen LogP contribution >= 0.6 is 0 Å². The Bertz CT molecular complexity index is 253. The van der Waals surface area contributed by atoms with Gasteiger partial charge in [-0.05, 0) is 0 Å². The van der Waals surface area contributed by atoms with Gasteiger partial charge in [0, 0.05) is 0 Å². The van der Waals surface area contributed by atoms with Gasteiger partial charge in [-0.15, -0.1) is 0 Å². The summed E-state index contributed by atoms with van der Waals surface area (Å²) in [7, 11) is 1.60. The van der Waals surface area contributed by atoms with Crippen LogP contribution in [0.3, 0.4) is 0 Å². The molecule has 0 fully saturated rings. The minimum atomic E-state index is -1.99. The van der Waals surface area contributed by atoms with Crippen LogP contribution in [0.1, 0.15) is 0 Å². The molecule has 66 valence electrons. The molecule has 3 nitrogen and oxygen atoms in total. The van der Waals surface area contributed by atoms with Crippen molar-refractivity contribution < 1.29 is 4.74 Å². The molecule has 0 unspecified atom stereocenters. The van der Waals surface area contributed by atoms with Crippen LogP contribution in [-0.4, -0.2) is 35.5 Å². The number of methoxy groups -OCH3 is 1. The number of ether oxygens (including phenoxy) is 1. The first-order valence-electron chi connectivity index (χ1n) is 3.90. The van der Waals surface area contributed by atoms with Crippen molar-refractivity contribution >= 4 is 22.1 Å². The van der Waals surface area contributed by atoms with E-state index in [0.717, 1.165) is 0 Å². The van der Waals surface area contributed by atoms with Gasteiger partial charge >= 0.3 is 77.0 Å². The molecule has 0 atom stereocenters. The maximum atomic E-state index is 4.93. The molecule has 1 rings (SSSR count). The van der Waals surface area contributed by atoms with Crippen LogP contribution in [0.2, 0.25) is 14.8 Å². The molecule has 0 spiro atoms. The molecule has 4 heteroatoms. The minimum absolute atomic E-state index is 0.592. The fraction of sp³-hybridized carbons (Fsp3) is 0.500. The van der Waals surface area contributed by atoms with Crippen molar-refractivity contribution in [3.63, 3.8) is 0 Å². The topological polar surface area (TPSA) is 35.0 Å². The zero-order chi connectivity index (χ0) is 9.19. The Labute approximate surface area is 77.1 Å². The van der Waals surface area contributed by atoms with E-state index in [0.29, 0.717) is 5.88 Å². The van der Waals surface area contributed by atoms with E-state index in [1.807, 2.05) is 6.20 Å². The van der Waals surface area contributed by atoms with E-state index in [4.69, 9.17) is 4.74 Å². The van der Waals surface area contributed by atoms with Crippen LogP contribution < -0.4 is 8.45 Å². The predicted molar refractivity (Wildman–Crippen MR) is 51.6 cm³/mol. The predicted octanol–water partition coefficient (Wildman–Crippen LogP) is 1.03. The number of rotatable bonds is 2. The molecule has 0 amide bonds. The summed E-state index contributed by atoms with van der Waals surface area (Å²) in [6.07, 6.45) is 3.53. The molecule has 0 saturated heterocycles. The summed E-state index contributed by atoms with van der Waals surface area (Å²) in [6, 6.07) is 0. The molecule has 0 aliphatic carbocycles. The summed E-state index contributed by atoms with van der Waals surface area (Å²) in [5.41, 5.74) is 0. The number of nitrogens with zero attached hydrogens (tertiary/aromatic N) is 2. The normalized spacial score (nSPS) is 11.3. The van der Waals surface area contributed by atoms with Crippen LogP contribution in [0.25, 0.3) is 0 Å². The van der Waals surface area contributed by atoms with E-state index in [1.54, 1.807) is 13.3 Å². The molecule has 1 aromatic rings. The maximum absolute atomic E-state index is 4.93. The first kappa shape index (κ1) is 9.76. The number of aromatic nitrogens is 2. The van der Waals surface area contributed by atoms with Crippen molar-refractivity contribution in [3.8, 4) is 5.88 Å². The Morgan fingerprint density at radius 3 is 2.17 bits per heavy atom. The quantitative estimate of drug-likeness (QED) is 0.755. The standard InChI is InChI=1S/C5H5N2O.3CH3.Sn/c1-8-5-4-6-2-3-7-5;;;;/h3-4H,1H3;3*1H3;. The van der Waals surface area contributed by atoms with Crippen molar-refractivity contribution in [2.45, 2.75) is 14.8 Å². The van der Waals surface area contributed by atoms with Gasteiger partial charge in [0.2, 0.25) is 0 Å². The van der Waals surface area contributed by atoms with Gasteiger partial charge < -0.3 is 0 Å². The molecule has 0 aromatic carbocycles. The molecule has 0 saturated carbocycles. The molecule has 12 heavy (non-hydrogen) atoms. The van der Waals surface area contributed by atoms with Crippen molar-refractivity contribution in [2.75, 3.05) is 7.11 Å². The third-order valence-electron chi connectivity index (χ3n) is 1.61. The van der Waals surface area contributed by atoms with Gasteiger partial charge in [0.25, 0.3) is 0 Å². The molecular weight excluding hydrogens is 259 g/mol. The molecule has 0 N–H and O–H groups in total.